The molecule has 0 saturated carbocycles. The van der Waals surface area contributed by atoms with Crippen molar-refractivity contribution in [3.05, 3.63) is 42.5 Å². The lowest BCUT2D eigenvalue weighted by Gasteiger charge is -2.21. The van der Waals surface area contributed by atoms with Gasteiger partial charge in [0.15, 0.2) is 5.96 Å². The summed E-state index contributed by atoms with van der Waals surface area (Å²) in [5, 5.41) is 3.12. The summed E-state index contributed by atoms with van der Waals surface area (Å²) in [5.74, 6) is 1.25. The summed E-state index contributed by atoms with van der Waals surface area (Å²) in [4.78, 5) is 4.33. The van der Waals surface area contributed by atoms with Gasteiger partial charge in [-0.15, -0.1) is 24.0 Å². The highest BCUT2D eigenvalue weighted by molar-refractivity contribution is 14.0. The number of ether oxygens (including phenoxy) is 1. The van der Waals surface area contributed by atoms with Crippen molar-refractivity contribution in [2.24, 2.45) is 10.7 Å². The van der Waals surface area contributed by atoms with Crippen LogP contribution in [0.5, 0.6) is 5.75 Å². The van der Waals surface area contributed by atoms with Gasteiger partial charge < -0.3 is 15.8 Å². The molecule has 4 nitrogen and oxygen atoms in total. The van der Waals surface area contributed by atoms with E-state index >= 15 is 0 Å². The average Bonchev–Trinajstić information content (AvgIpc) is 2.32. The molecule has 0 amide bonds. The fourth-order valence-corrected chi connectivity index (χ4v) is 1.52. The first-order valence-electron chi connectivity index (χ1n) is 6.32. The Morgan fingerprint density at radius 2 is 2.05 bits per heavy atom. The number of halogens is 1. The molecule has 5 heteroatoms. The third-order valence-corrected chi connectivity index (χ3v) is 2.25. The predicted molar refractivity (Wildman–Crippen MR) is 95.8 cm³/mol. The zero-order valence-corrected chi connectivity index (χ0v) is 14.7. The van der Waals surface area contributed by atoms with Gasteiger partial charge in [0.1, 0.15) is 12.4 Å². The van der Waals surface area contributed by atoms with Crippen molar-refractivity contribution < 1.29 is 4.74 Å². The quantitative estimate of drug-likeness (QED) is 0.352. The topological polar surface area (TPSA) is 59.6 Å². The SMILES string of the molecule is C=CCOc1ccccc1CN=C(N)NC(C)(C)C.I. The lowest BCUT2D eigenvalue weighted by Crippen LogP contribution is -2.44. The molecule has 0 saturated heterocycles. The first kappa shape index (κ1) is 18.8. The summed E-state index contributed by atoms with van der Waals surface area (Å²) in [7, 11) is 0. The highest BCUT2D eigenvalue weighted by Crippen LogP contribution is 2.18. The molecular formula is C15H24IN3O. The van der Waals surface area contributed by atoms with Crippen LogP contribution in [0.15, 0.2) is 41.9 Å². The third kappa shape index (κ3) is 7.37. The van der Waals surface area contributed by atoms with Gasteiger partial charge in [-0.2, -0.15) is 0 Å². The monoisotopic (exact) mass is 389 g/mol. The van der Waals surface area contributed by atoms with Crippen molar-refractivity contribution in [2.45, 2.75) is 32.9 Å². The number of nitrogens with one attached hydrogen (secondary N) is 1. The molecule has 0 unspecified atom stereocenters. The van der Waals surface area contributed by atoms with Gasteiger partial charge in [-0.25, -0.2) is 4.99 Å². The van der Waals surface area contributed by atoms with Crippen LogP contribution in [0.25, 0.3) is 0 Å². The van der Waals surface area contributed by atoms with E-state index < -0.39 is 0 Å². The van der Waals surface area contributed by atoms with Crippen LogP contribution in [0.2, 0.25) is 0 Å². The second kappa shape index (κ2) is 8.84. The van der Waals surface area contributed by atoms with Crippen LogP contribution in [-0.2, 0) is 6.54 Å². The molecule has 0 heterocycles. The van der Waals surface area contributed by atoms with Crippen LogP contribution in [-0.4, -0.2) is 18.1 Å². The summed E-state index contributed by atoms with van der Waals surface area (Å²) >= 11 is 0. The van der Waals surface area contributed by atoms with Crippen LogP contribution >= 0.6 is 24.0 Å². The minimum atomic E-state index is -0.0908. The van der Waals surface area contributed by atoms with E-state index in [0.717, 1.165) is 11.3 Å². The maximum atomic E-state index is 5.84. The lowest BCUT2D eigenvalue weighted by molar-refractivity contribution is 0.359. The summed E-state index contributed by atoms with van der Waals surface area (Å²) in [5.41, 5.74) is 6.75. The third-order valence-electron chi connectivity index (χ3n) is 2.25. The highest BCUT2D eigenvalue weighted by Gasteiger charge is 2.10. The van der Waals surface area contributed by atoms with Gasteiger partial charge in [0.05, 0.1) is 6.54 Å². The Kier molecular flexibility index (Phi) is 8.29. The Hall–Kier alpha value is -1.24. The minimum Gasteiger partial charge on any atom is -0.489 e. The van der Waals surface area contributed by atoms with E-state index in [9.17, 15) is 0 Å². The predicted octanol–water partition coefficient (Wildman–Crippen LogP) is 3.07. The molecule has 0 radical (unpaired) electrons. The molecule has 1 aromatic carbocycles. The van der Waals surface area contributed by atoms with Crippen molar-refractivity contribution in [2.75, 3.05) is 6.61 Å². The van der Waals surface area contributed by atoms with Crippen LogP contribution in [0.3, 0.4) is 0 Å². The number of hydrogen-bond donors (Lipinski definition) is 2. The molecule has 3 N–H and O–H groups in total. The molecule has 20 heavy (non-hydrogen) atoms. The van der Waals surface area contributed by atoms with E-state index in [1.54, 1.807) is 6.08 Å². The summed E-state index contributed by atoms with van der Waals surface area (Å²) in [6, 6.07) is 7.79. The Bertz CT molecular complexity index is 453. The van der Waals surface area contributed by atoms with Crippen molar-refractivity contribution in [1.29, 1.82) is 0 Å². The van der Waals surface area contributed by atoms with Gasteiger partial charge in [0.25, 0.3) is 0 Å². The largest absolute Gasteiger partial charge is 0.489 e. The molecule has 1 rings (SSSR count). The fourth-order valence-electron chi connectivity index (χ4n) is 1.52. The molecular weight excluding hydrogens is 365 g/mol. The van der Waals surface area contributed by atoms with E-state index in [2.05, 4.69) is 16.9 Å². The number of rotatable bonds is 5. The maximum absolute atomic E-state index is 5.84. The molecule has 1 aromatic rings. The number of nitrogens with two attached hydrogens (primary N) is 1. The van der Waals surface area contributed by atoms with Gasteiger partial charge in [0, 0.05) is 11.1 Å². The summed E-state index contributed by atoms with van der Waals surface area (Å²) in [6.45, 7) is 10.7. The fraction of sp³-hybridized carbons (Fsp3) is 0.400. The molecule has 112 valence electrons. The number of nitrogens with zero attached hydrogens (tertiary/aromatic N) is 1. The summed E-state index contributed by atoms with van der Waals surface area (Å²) < 4.78 is 5.57. The van der Waals surface area contributed by atoms with Crippen molar-refractivity contribution in [1.82, 2.24) is 5.32 Å². The molecule has 0 aliphatic rings. The van der Waals surface area contributed by atoms with Crippen molar-refractivity contribution in [3.8, 4) is 5.75 Å². The number of benzene rings is 1. The molecule has 0 aliphatic carbocycles. The maximum Gasteiger partial charge on any atom is 0.189 e. The molecule has 0 spiro atoms. The molecule has 0 fully saturated rings. The lowest BCUT2D eigenvalue weighted by atomic mass is 10.1. The normalized spacial score (nSPS) is 11.4. The van der Waals surface area contributed by atoms with Gasteiger partial charge in [-0.1, -0.05) is 30.9 Å². The molecule has 0 aliphatic heterocycles. The number of para-hydroxylation sites is 1. The first-order valence-corrected chi connectivity index (χ1v) is 6.32. The molecule has 0 aromatic heterocycles. The standard InChI is InChI=1S/C15H23N3O.HI/c1-5-10-19-13-9-7-6-8-12(13)11-17-14(16)18-15(2,3)4;/h5-9H,1,10-11H2,2-4H3,(H3,16,17,18);1H. The Balaban J connectivity index is 0.00000361. The second-order valence-corrected chi connectivity index (χ2v) is 5.28. The van der Waals surface area contributed by atoms with Crippen LogP contribution in [0.1, 0.15) is 26.3 Å². The summed E-state index contributed by atoms with van der Waals surface area (Å²) in [6.07, 6.45) is 1.72. The van der Waals surface area contributed by atoms with E-state index in [-0.39, 0.29) is 29.5 Å². The average molecular weight is 389 g/mol. The second-order valence-electron chi connectivity index (χ2n) is 5.28. The van der Waals surface area contributed by atoms with Crippen LogP contribution in [0.4, 0.5) is 0 Å². The van der Waals surface area contributed by atoms with Crippen LogP contribution < -0.4 is 15.8 Å². The molecule has 0 bridgehead atoms. The Morgan fingerprint density at radius 3 is 2.65 bits per heavy atom. The minimum absolute atomic E-state index is 0. The van der Waals surface area contributed by atoms with Gasteiger partial charge in [-0.05, 0) is 26.8 Å². The van der Waals surface area contributed by atoms with E-state index in [0.29, 0.717) is 19.1 Å². The Labute approximate surface area is 138 Å². The van der Waals surface area contributed by atoms with Crippen LogP contribution in [0, 0.1) is 0 Å². The van der Waals surface area contributed by atoms with E-state index in [1.807, 2.05) is 45.0 Å². The Morgan fingerprint density at radius 1 is 1.40 bits per heavy atom. The van der Waals surface area contributed by atoms with E-state index in [1.165, 1.54) is 0 Å². The van der Waals surface area contributed by atoms with Crippen molar-refractivity contribution in [3.63, 3.8) is 0 Å². The van der Waals surface area contributed by atoms with Crippen molar-refractivity contribution >= 4 is 29.9 Å². The smallest absolute Gasteiger partial charge is 0.189 e. The van der Waals surface area contributed by atoms with Gasteiger partial charge in [0.2, 0.25) is 0 Å². The zero-order chi connectivity index (χ0) is 14.3. The van der Waals surface area contributed by atoms with Gasteiger partial charge in [-0.3, -0.25) is 0 Å². The number of guanidine groups is 1. The highest BCUT2D eigenvalue weighted by atomic mass is 127. The first-order chi connectivity index (χ1) is 8.92. The zero-order valence-electron chi connectivity index (χ0n) is 12.3. The number of aliphatic imine (C=N–C) groups is 1. The number of hydrogen-bond acceptors (Lipinski definition) is 2. The van der Waals surface area contributed by atoms with Gasteiger partial charge >= 0.3 is 0 Å². The molecule has 0 atom stereocenters. The van der Waals surface area contributed by atoms with E-state index in [4.69, 9.17) is 10.5 Å².